The highest BCUT2D eigenvalue weighted by molar-refractivity contribution is 5.36. The largest absolute Gasteiger partial charge is 0.487 e. The van der Waals surface area contributed by atoms with Crippen LogP contribution in [0.5, 0.6) is 5.75 Å². The number of halogens is 1. The molecule has 108 valence electrons. The molecule has 1 atom stereocenters. The maximum Gasteiger partial charge on any atom is 0.130 e. The first-order valence-electron chi connectivity index (χ1n) is 6.67. The lowest BCUT2D eigenvalue weighted by molar-refractivity contribution is 0.286. The van der Waals surface area contributed by atoms with Gasteiger partial charge in [-0.05, 0) is 26.8 Å². The topological polar surface area (TPSA) is 53.1 Å². The Bertz CT molecular complexity index is 578. The predicted octanol–water partition coefficient (Wildman–Crippen LogP) is 3.20. The molecule has 0 saturated carbocycles. The van der Waals surface area contributed by atoms with Gasteiger partial charge >= 0.3 is 0 Å². The van der Waals surface area contributed by atoms with Gasteiger partial charge in [0.15, 0.2) is 0 Å². The van der Waals surface area contributed by atoms with Crippen LogP contribution < -0.4 is 10.5 Å². The van der Waals surface area contributed by atoms with Crippen molar-refractivity contribution >= 4 is 0 Å². The zero-order valence-corrected chi connectivity index (χ0v) is 12.0. The Kier molecular flexibility index (Phi) is 4.39. The van der Waals surface area contributed by atoms with Gasteiger partial charge in [0.1, 0.15) is 18.2 Å². The molecule has 2 N–H and O–H groups in total. The number of nitrogens with zero attached hydrogens (tertiary/aromatic N) is 2. The Morgan fingerprint density at radius 1 is 1.35 bits per heavy atom. The highest BCUT2D eigenvalue weighted by Crippen LogP contribution is 2.26. The minimum Gasteiger partial charge on any atom is -0.487 e. The lowest BCUT2D eigenvalue weighted by atomic mass is 10.1. The Hall–Kier alpha value is -1.88. The molecule has 0 aliphatic rings. The van der Waals surface area contributed by atoms with E-state index in [-0.39, 0.29) is 11.9 Å². The predicted molar refractivity (Wildman–Crippen MR) is 75.9 cm³/mol. The molecule has 0 radical (unpaired) electrons. The number of rotatable bonds is 5. The van der Waals surface area contributed by atoms with Crippen LogP contribution in [0.3, 0.4) is 0 Å². The van der Waals surface area contributed by atoms with Gasteiger partial charge in [-0.15, -0.1) is 0 Å². The molecule has 5 heteroatoms. The Balaban J connectivity index is 2.18. The van der Waals surface area contributed by atoms with Crippen LogP contribution in [0.1, 0.15) is 44.1 Å². The molecule has 0 fully saturated rings. The first-order valence-corrected chi connectivity index (χ1v) is 6.67. The molecule has 0 spiro atoms. The molecule has 0 bridgehead atoms. The van der Waals surface area contributed by atoms with Gasteiger partial charge in [-0.25, -0.2) is 9.37 Å². The van der Waals surface area contributed by atoms with E-state index in [2.05, 4.69) is 18.8 Å². The molecule has 1 aromatic carbocycles. The van der Waals surface area contributed by atoms with E-state index in [1.807, 2.05) is 11.5 Å². The van der Waals surface area contributed by atoms with Gasteiger partial charge in [0.2, 0.25) is 0 Å². The third-order valence-electron chi connectivity index (χ3n) is 3.14. The van der Waals surface area contributed by atoms with Gasteiger partial charge in [0, 0.05) is 23.7 Å². The van der Waals surface area contributed by atoms with Gasteiger partial charge < -0.3 is 15.0 Å². The van der Waals surface area contributed by atoms with Crippen LogP contribution in [-0.4, -0.2) is 9.55 Å². The molecule has 1 aromatic heterocycles. The first-order chi connectivity index (χ1) is 9.49. The van der Waals surface area contributed by atoms with Gasteiger partial charge in [-0.2, -0.15) is 0 Å². The van der Waals surface area contributed by atoms with Crippen molar-refractivity contribution < 1.29 is 9.13 Å². The zero-order chi connectivity index (χ0) is 14.7. The van der Waals surface area contributed by atoms with Crippen molar-refractivity contribution in [1.82, 2.24) is 9.55 Å². The van der Waals surface area contributed by atoms with Gasteiger partial charge in [0.05, 0.1) is 18.2 Å². The minimum atomic E-state index is -0.332. The molecular formula is C15H20FN3O. The van der Waals surface area contributed by atoms with Crippen LogP contribution in [-0.2, 0) is 6.61 Å². The third kappa shape index (κ3) is 3.17. The maximum atomic E-state index is 13.3. The molecule has 0 saturated heterocycles. The van der Waals surface area contributed by atoms with E-state index >= 15 is 0 Å². The fourth-order valence-corrected chi connectivity index (χ4v) is 2.07. The number of benzene rings is 1. The number of hydrogen-bond donors (Lipinski definition) is 1. The second-order valence-electron chi connectivity index (χ2n) is 5.15. The van der Waals surface area contributed by atoms with Crippen molar-refractivity contribution in [2.45, 2.75) is 39.5 Å². The highest BCUT2D eigenvalue weighted by atomic mass is 19.1. The molecule has 4 nitrogen and oxygen atoms in total. The summed E-state index contributed by atoms with van der Waals surface area (Å²) >= 11 is 0. The Labute approximate surface area is 118 Å². The summed E-state index contributed by atoms with van der Waals surface area (Å²) in [5, 5.41) is 0. The van der Waals surface area contributed by atoms with Crippen LogP contribution in [0, 0.1) is 5.82 Å². The van der Waals surface area contributed by atoms with Crippen LogP contribution >= 0.6 is 0 Å². The number of nitrogens with two attached hydrogens (primary N) is 1. The quantitative estimate of drug-likeness (QED) is 0.913. The minimum absolute atomic E-state index is 0.208. The molecule has 2 rings (SSSR count). The van der Waals surface area contributed by atoms with E-state index in [1.165, 1.54) is 12.1 Å². The molecule has 0 aliphatic carbocycles. The van der Waals surface area contributed by atoms with Crippen molar-refractivity contribution in [2.24, 2.45) is 5.73 Å². The number of ether oxygens (including phenoxy) is 1. The van der Waals surface area contributed by atoms with Crippen molar-refractivity contribution in [3.05, 3.63) is 47.8 Å². The average molecular weight is 277 g/mol. The average Bonchev–Trinajstić information content (AvgIpc) is 2.84. The van der Waals surface area contributed by atoms with E-state index in [4.69, 9.17) is 10.5 Å². The fourth-order valence-electron chi connectivity index (χ4n) is 2.07. The molecule has 2 aromatic rings. The summed E-state index contributed by atoms with van der Waals surface area (Å²) in [5.74, 6) is 0.151. The van der Waals surface area contributed by atoms with Gasteiger partial charge in [0.25, 0.3) is 0 Å². The highest BCUT2D eigenvalue weighted by Gasteiger charge is 2.11. The Morgan fingerprint density at radius 3 is 2.75 bits per heavy atom. The number of imidazole rings is 1. The molecule has 1 heterocycles. The van der Waals surface area contributed by atoms with Crippen molar-refractivity contribution in [2.75, 3.05) is 0 Å². The smallest absolute Gasteiger partial charge is 0.130 e. The lowest BCUT2D eigenvalue weighted by Gasteiger charge is -2.16. The van der Waals surface area contributed by atoms with Crippen LogP contribution in [0.4, 0.5) is 4.39 Å². The van der Waals surface area contributed by atoms with E-state index in [1.54, 1.807) is 18.6 Å². The third-order valence-corrected chi connectivity index (χ3v) is 3.14. The molecule has 20 heavy (non-hydrogen) atoms. The maximum absolute atomic E-state index is 13.3. The second kappa shape index (κ2) is 6.05. The number of hydrogen-bond acceptors (Lipinski definition) is 3. The van der Waals surface area contributed by atoms with E-state index in [0.717, 1.165) is 11.3 Å². The Morgan fingerprint density at radius 2 is 2.10 bits per heavy atom. The second-order valence-corrected chi connectivity index (χ2v) is 5.15. The van der Waals surface area contributed by atoms with Crippen LogP contribution in [0.25, 0.3) is 0 Å². The van der Waals surface area contributed by atoms with Crippen molar-refractivity contribution in [3.8, 4) is 5.75 Å². The summed E-state index contributed by atoms with van der Waals surface area (Å²) in [7, 11) is 0. The summed E-state index contributed by atoms with van der Waals surface area (Å²) in [4.78, 5) is 4.11. The van der Waals surface area contributed by atoms with Crippen LogP contribution in [0.15, 0.2) is 30.7 Å². The first kappa shape index (κ1) is 14.5. The standard InChI is InChI=1S/C15H20FN3O/c1-10(2)19-9-18-7-13(19)8-20-15-6-12(16)4-5-14(15)11(3)17/h4-7,9-11H,8,17H2,1-3H3/t11-/m0/s1. The van der Waals surface area contributed by atoms with E-state index < -0.39 is 0 Å². The molecule has 0 aliphatic heterocycles. The zero-order valence-electron chi connectivity index (χ0n) is 12.0. The van der Waals surface area contributed by atoms with Gasteiger partial charge in [-0.1, -0.05) is 6.07 Å². The fraction of sp³-hybridized carbons (Fsp3) is 0.400. The van der Waals surface area contributed by atoms with Crippen molar-refractivity contribution in [3.63, 3.8) is 0 Å². The monoisotopic (exact) mass is 277 g/mol. The SMILES string of the molecule is CC(C)n1cncc1COc1cc(F)ccc1[C@H](C)N. The van der Waals surface area contributed by atoms with E-state index in [9.17, 15) is 4.39 Å². The summed E-state index contributed by atoms with van der Waals surface area (Å²) in [6.45, 7) is 6.32. The summed E-state index contributed by atoms with van der Waals surface area (Å²) < 4.78 is 21.1. The lowest BCUT2D eigenvalue weighted by Crippen LogP contribution is -2.11. The molecule has 0 unspecified atom stereocenters. The summed E-state index contributed by atoms with van der Waals surface area (Å²) in [6.07, 6.45) is 3.52. The van der Waals surface area contributed by atoms with E-state index in [0.29, 0.717) is 18.4 Å². The summed E-state index contributed by atoms with van der Waals surface area (Å²) in [5.41, 5.74) is 7.61. The molecule has 0 amide bonds. The van der Waals surface area contributed by atoms with Gasteiger partial charge in [-0.3, -0.25) is 0 Å². The molecular weight excluding hydrogens is 257 g/mol. The normalized spacial score (nSPS) is 12.7. The van der Waals surface area contributed by atoms with Crippen LogP contribution in [0.2, 0.25) is 0 Å². The summed E-state index contributed by atoms with van der Waals surface area (Å²) in [6, 6.07) is 4.52. The number of aromatic nitrogens is 2. The van der Waals surface area contributed by atoms with Crippen molar-refractivity contribution in [1.29, 1.82) is 0 Å².